The first-order valence-corrected chi connectivity index (χ1v) is 12.8. The molecular weight excluding hydrogens is 488 g/mol. The number of halogens is 1. The van der Waals surface area contributed by atoms with Crippen LogP contribution in [0.1, 0.15) is 26.1 Å². The summed E-state index contributed by atoms with van der Waals surface area (Å²) in [6.07, 6.45) is 1.30. The number of para-hydroxylation sites is 3. The summed E-state index contributed by atoms with van der Waals surface area (Å²) in [5.41, 5.74) is 2.64. The van der Waals surface area contributed by atoms with E-state index in [1.54, 1.807) is 24.3 Å². The van der Waals surface area contributed by atoms with Crippen LogP contribution in [-0.4, -0.2) is 40.6 Å². The van der Waals surface area contributed by atoms with Gasteiger partial charge < -0.3 is 19.5 Å². The van der Waals surface area contributed by atoms with E-state index >= 15 is 0 Å². The number of aromatic nitrogens is 2. The summed E-state index contributed by atoms with van der Waals surface area (Å²) in [4.78, 5) is 32.3. The number of fused-ring (bicyclic) bond motifs is 1. The number of nitrogens with zero attached hydrogens (tertiary/aromatic N) is 3. The van der Waals surface area contributed by atoms with E-state index in [0.29, 0.717) is 30.2 Å². The van der Waals surface area contributed by atoms with Crippen LogP contribution in [0.2, 0.25) is 5.02 Å². The molecule has 0 atom stereocenters. The molecule has 192 valence electrons. The Morgan fingerprint density at radius 2 is 1.70 bits per heavy atom. The number of carbonyl (C=O) groups is 2. The standard InChI is InChI=1S/C29H31ClN4O3/c1-21(2)34(23-9-4-3-5-10-23)29(36)19-33-26-12-7-6-11-25(26)32-27(33)13-8-18-31-28(35)20-37-24-16-14-22(30)15-17-24/h3-7,9-12,14-17,21H,8,13,18-20H2,1-2H3,(H,31,35). The molecular formula is C29H31ClN4O3. The Morgan fingerprint density at radius 3 is 2.43 bits per heavy atom. The van der Waals surface area contributed by atoms with E-state index in [-0.39, 0.29) is 31.0 Å². The molecule has 0 aliphatic heterocycles. The van der Waals surface area contributed by atoms with Crippen LogP contribution in [0.15, 0.2) is 78.9 Å². The van der Waals surface area contributed by atoms with Gasteiger partial charge in [-0.25, -0.2) is 4.98 Å². The zero-order valence-corrected chi connectivity index (χ0v) is 21.8. The molecule has 1 N–H and O–H groups in total. The highest BCUT2D eigenvalue weighted by Crippen LogP contribution is 2.21. The van der Waals surface area contributed by atoms with Gasteiger partial charge in [0.2, 0.25) is 5.91 Å². The van der Waals surface area contributed by atoms with Crippen molar-refractivity contribution in [3.63, 3.8) is 0 Å². The third-order valence-corrected chi connectivity index (χ3v) is 6.18. The Hall–Kier alpha value is -3.84. The lowest BCUT2D eigenvalue weighted by atomic mass is 10.2. The van der Waals surface area contributed by atoms with Gasteiger partial charge in [-0.3, -0.25) is 9.59 Å². The van der Waals surface area contributed by atoms with Crippen molar-refractivity contribution < 1.29 is 14.3 Å². The van der Waals surface area contributed by atoms with Crippen LogP contribution in [0, 0.1) is 0 Å². The van der Waals surface area contributed by atoms with E-state index < -0.39 is 0 Å². The minimum atomic E-state index is -0.200. The highest BCUT2D eigenvalue weighted by atomic mass is 35.5. The molecule has 0 aliphatic rings. The minimum absolute atomic E-state index is 0.00162. The van der Waals surface area contributed by atoms with E-state index in [2.05, 4.69) is 5.32 Å². The molecule has 2 amide bonds. The molecule has 0 unspecified atom stereocenters. The quantitative estimate of drug-likeness (QED) is 0.275. The summed E-state index contributed by atoms with van der Waals surface area (Å²) < 4.78 is 7.48. The number of ether oxygens (including phenoxy) is 1. The zero-order chi connectivity index (χ0) is 26.2. The number of hydrogen-bond acceptors (Lipinski definition) is 4. The third kappa shape index (κ3) is 6.89. The van der Waals surface area contributed by atoms with Gasteiger partial charge in [0.15, 0.2) is 6.61 Å². The predicted molar refractivity (Wildman–Crippen MR) is 147 cm³/mol. The molecule has 1 aromatic heterocycles. The van der Waals surface area contributed by atoms with Gasteiger partial charge in [-0.05, 0) is 68.8 Å². The van der Waals surface area contributed by atoms with Crippen LogP contribution in [0.5, 0.6) is 5.75 Å². The van der Waals surface area contributed by atoms with Gasteiger partial charge in [0, 0.05) is 29.7 Å². The molecule has 7 nitrogen and oxygen atoms in total. The van der Waals surface area contributed by atoms with Crippen LogP contribution in [0.4, 0.5) is 5.69 Å². The lowest BCUT2D eigenvalue weighted by Gasteiger charge is -2.27. The van der Waals surface area contributed by atoms with E-state index in [9.17, 15) is 9.59 Å². The summed E-state index contributed by atoms with van der Waals surface area (Å²) in [5.74, 6) is 1.20. The van der Waals surface area contributed by atoms with E-state index in [1.165, 1.54) is 0 Å². The Balaban J connectivity index is 1.38. The smallest absolute Gasteiger partial charge is 0.257 e. The number of benzene rings is 3. The maximum absolute atomic E-state index is 13.5. The van der Waals surface area contributed by atoms with Crippen molar-refractivity contribution in [2.45, 2.75) is 39.3 Å². The average molecular weight is 519 g/mol. The Morgan fingerprint density at radius 1 is 1.00 bits per heavy atom. The SMILES string of the molecule is CC(C)N(C(=O)Cn1c(CCCNC(=O)COc2ccc(Cl)cc2)nc2ccccc21)c1ccccc1. The fraction of sp³-hybridized carbons (Fsp3) is 0.276. The second-order valence-corrected chi connectivity index (χ2v) is 9.43. The van der Waals surface area contributed by atoms with Gasteiger partial charge in [-0.1, -0.05) is 41.9 Å². The van der Waals surface area contributed by atoms with Crippen molar-refractivity contribution in [1.82, 2.24) is 14.9 Å². The Kier molecular flexibility index (Phi) is 8.80. The summed E-state index contributed by atoms with van der Waals surface area (Å²) in [5, 5.41) is 3.49. The average Bonchev–Trinajstić information content (AvgIpc) is 3.24. The van der Waals surface area contributed by atoms with E-state index in [0.717, 1.165) is 22.5 Å². The monoisotopic (exact) mass is 518 g/mol. The predicted octanol–water partition coefficient (Wildman–Crippen LogP) is 5.26. The second-order valence-electron chi connectivity index (χ2n) is 8.99. The Labute approximate surface area is 222 Å². The van der Waals surface area contributed by atoms with Crippen molar-refractivity contribution >= 4 is 40.1 Å². The van der Waals surface area contributed by atoms with Gasteiger partial charge in [0.1, 0.15) is 18.1 Å². The number of imidazole rings is 1. The molecule has 37 heavy (non-hydrogen) atoms. The molecule has 0 bridgehead atoms. The molecule has 1 heterocycles. The van der Waals surface area contributed by atoms with Crippen LogP contribution < -0.4 is 15.0 Å². The fourth-order valence-electron chi connectivity index (χ4n) is 4.23. The topological polar surface area (TPSA) is 76.5 Å². The first-order chi connectivity index (χ1) is 17.9. The molecule has 4 aromatic rings. The lowest BCUT2D eigenvalue weighted by molar-refractivity contribution is -0.123. The van der Waals surface area contributed by atoms with Crippen molar-refractivity contribution in [3.8, 4) is 5.75 Å². The second kappa shape index (κ2) is 12.4. The highest BCUT2D eigenvalue weighted by molar-refractivity contribution is 6.30. The zero-order valence-electron chi connectivity index (χ0n) is 21.1. The van der Waals surface area contributed by atoms with Crippen LogP contribution >= 0.6 is 11.6 Å². The van der Waals surface area contributed by atoms with Crippen molar-refractivity contribution in [1.29, 1.82) is 0 Å². The minimum Gasteiger partial charge on any atom is -0.484 e. The molecule has 4 rings (SSSR count). The molecule has 0 saturated carbocycles. The largest absolute Gasteiger partial charge is 0.484 e. The van der Waals surface area contributed by atoms with Crippen LogP contribution in [0.25, 0.3) is 11.0 Å². The molecule has 0 radical (unpaired) electrons. The van der Waals surface area contributed by atoms with Crippen molar-refractivity contribution in [2.24, 2.45) is 0 Å². The van der Waals surface area contributed by atoms with Gasteiger partial charge in [-0.15, -0.1) is 0 Å². The number of carbonyl (C=O) groups excluding carboxylic acids is 2. The normalized spacial score (nSPS) is 11.0. The summed E-state index contributed by atoms with van der Waals surface area (Å²) in [6, 6.07) is 24.4. The number of hydrogen-bond donors (Lipinski definition) is 1. The maximum atomic E-state index is 13.5. The maximum Gasteiger partial charge on any atom is 0.257 e. The lowest BCUT2D eigenvalue weighted by Crippen LogP contribution is -2.39. The van der Waals surface area contributed by atoms with Gasteiger partial charge in [0.25, 0.3) is 5.91 Å². The van der Waals surface area contributed by atoms with Gasteiger partial charge >= 0.3 is 0 Å². The van der Waals surface area contributed by atoms with Crippen LogP contribution in [-0.2, 0) is 22.6 Å². The first-order valence-electron chi connectivity index (χ1n) is 12.4. The van der Waals surface area contributed by atoms with Crippen molar-refractivity contribution in [2.75, 3.05) is 18.1 Å². The van der Waals surface area contributed by atoms with Crippen LogP contribution in [0.3, 0.4) is 0 Å². The third-order valence-electron chi connectivity index (χ3n) is 5.93. The Bertz CT molecular complexity index is 1340. The number of anilines is 1. The first kappa shape index (κ1) is 26.2. The highest BCUT2D eigenvalue weighted by Gasteiger charge is 2.21. The number of rotatable bonds is 11. The summed E-state index contributed by atoms with van der Waals surface area (Å²) in [6.45, 7) is 4.61. The molecule has 8 heteroatoms. The van der Waals surface area contributed by atoms with Gasteiger partial charge in [0.05, 0.1) is 11.0 Å². The number of nitrogens with one attached hydrogen (secondary N) is 1. The van der Waals surface area contributed by atoms with E-state index in [4.69, 9.17) is 21.3 Å². The molecule has 0 fully saturated rings. The molecule has 3 aromatic carbocycles. The van der Waals surface area contributed by atoms with Gasteiger partial charge in [-0.2, -0.15) is 0 Å². The van der Waals surface area contributed by atoms with Crippen molar-refractivity contribution in [3.05, 3.63) is 89.7 Å². The molecule has 0 aliphatic carbocycles. The van der Waals surface area contributed by atoms with E-state index in [1.807, 2.05) is 77.9 Å². The fourth-order valence-corrected chi connectivity index (χ4v) is 4.35. The molecule has 0 spiro atoms. The summed E-state index contributed by atoms with van der Waals surface area (Å²) >= 11 is 5.87. The number of aryl methyl sites for hydroxylation is 1. The molecule has 0 saturated heterocycles. The number of amides is 2. The summed E-state index contributed by atoms with van der Waals surface area (Å²) in [7, 11) is 0.